The maximum Gasteiger partial charge on any atom is 0.394 e. The number of fused-ring (bicyclic) bond motifs is 1. The summed E-state index contributed by atoms with van der Waals surface area (Å²) in [5, 5.41) is 4.52. The quantitative estimate of drug-likeness (QED) is 0.400. The molecule has 3 aromatic rings. The zero-order chi connectivity index (χ0) is 27.5. The summed E-state index contributed by atoms with van der Waals surface area (Å²) >= 11 is 0. The van der Waals surface area contributed by atoms with E-state index in [-0.39, 0.29) is 24.4 Å². The topological polar surface area (TPSA) is 81.4 Å². The molecule has 4 rings (SSSR count). The Bertz CT molecular complexity index is 1250. The first-order valence-corrected chi connectivity index (χ1v) is 12.3. The summed E-state index contributed by atoms with van der Waals surface area (Å²) in [6.45, 7) is 7.47. The molecule has 1 aromatic carbocycles. The van der Waals surface area contributed by atoms with Gasteiger partial charge in [-0.3, -0.25) is 4.79 Å². The number of alkyl halides is 3. The normalized spacial score (nSPS) is 14.6. The molecular weight excluding hydrogens is 503 g/mol. The molecule has 0 atom stereocenters. The van der Waals surface area contributed by atoms with Gasteiger partial charge >= 0.3 is 12.1 Å². The fourth-order valence-corrected chi connectivity index (χ4v) is 4.20. The molecule has 0 saturated carbocycles. The van der Waals surface area contributed by atoms with Crippen molar-refractivity contribution in [1.29, 1.82) is 0 Å². The first-order valence-electron chi connectivity index (χ1n) is 12.3. The lowest BCUT2D eigenvalue weighted by Gasteiger charge is -2.30. The van der Waals surface area contributed by atoms with Gasteiger partial charge in [-0.25, -0.2) is 9.50 Å². The number of esters is 1. The third kappa shape index (κ3) is 7.06. The highest BCUT2D eigenvalue weighted by Gasteiger charge is 2.31. The van der Waals surface area contributed by atoms with Crippen LogP contribution in [0.25, 0.3) is 5.65 Å². The summed E-state index contributed by atoms with van der Waals surface area (Å²) < 4.78 is 57.6. The lowest BCUT2D eigenvalue weighted by atomic mass is 10.2. The number of ether oxygens (including phenoxy) is 3. The molecule has 0 amide bonds. The Morgan fingerprint density at radius 3 is 2.42 bits per heavy atom. The van der Waals surface area contributed by atoms with Crippen molar-refractivity contribution in [1.82, 2.24) is 14.6 Å². The van der Waals surface area contributed by atoms with E-state index >= 15 is 0 Å². The molecule has 0 unspecified atom stereocenters. The van der Waals surface area contributed by atoms with E-state index in [0.29, 0.717) is 43.6 Å². The number of carbonyl (C=O) groups excluding carboxylic acids is 1. The van der Waals surface area contributed by atoms with Crippen molar-refractivity contribution in [2.75, 3.05) is 49.8 Å². The standard InChI is InChI=1S/C26H32F3N5O4/c1-25(2,3)38-23(35)17-33(16-18-5-7-20(36-4)8-6-18)21-13-22(32-9-11-37-12-10-32)31-34-19(14-26(27,28)29)15-30-24(21)34/h5-8,13,15H,9-12,14,16-17H2,1-4H3. The number of halogens is 3. The number of imidazole rings is 1. The number of nitrogens with zero attached hydrogens (tertiary/aromatic N) is 5. The minimum Gasteiger partial charge on any atom is -0.497 e. The number of hydrogen-bond acceptors (Lipinski definition) is 8. The average Bonchev–Trinajstić information content (AvgIpc) is 3.24. The Kier molecular flexibility index (Phi) is 8.00. The Labute approximate surface area is 219 Å². The van der Waals surface area contributed by atoms with Crippen molar-refractivity contribution in [3.8, 4) is 5.75 Å². The van der Waals surface area contributed by atoms with Gasteiger partial charge in [0.05, 0.1) is 44.3 Å². The summed E-state index contributed by atoms with van der Waals surface area (Å²) in [5.74, 6) is 0.676. The van der Waals surface area contributed by atoms with Crippen LogP contribution in [-0.2, 0) is 27.2 Å². The molecule has 1 saturated heterocycles. The molecule has 206 valence electrons. The van der Waals surface area contributed by atoms with Crippen LogP contribution in [0.1, 0.15) is 32.0 Å². The molecule has 0 spiro atoms. The average molecular weight is 536 g/mol. The summed E-state index contributed by atoms with van der Waals surface area (Å²) in [6.07, 6.45) is -4.44. The smallest absolute Gasteiger partial charge is 0.394 e. The highest BCUT2D eigenvalue weighted by molar-refractivity contribution is 5.80. The molecule has 38 heavy (non-hydrogen) atoms. The second kappa shape index (κ2) is 11.1. The molecule has 0 radical (unpaired) electrons. The lowest BCUT2D eigenvalue weighted by molar-refractivity contribution is -0.153. The maximum atomic E-state index is 13.4. The predicted molar refractivity (Wildman–Crippen MR) is 136 cm³/mol. The minimum atomic E-state index is -4.44. The zero-order valence-corrected chi connectivity index (χ0v) is 21.9. The van der Waals surface area contributed by atoms with Crippen LogP contribution in [0.5, 0.6) is 5.75 Å². The van der Waals surface area contributed by atoms with Crippen LogP contribution in [0.4, 0.5) is 24.7 Å². The van der Waals surface area contributed by atoms with Gasteiger partial charge in [0.15, 0.2) is 11.5 Å². The first kappa shape index (κ1) is 27.5. The molecule has 1 fully saturated rings. The molecule has 3 heterocycles. The van der Waals surface area contributed by atoms with Crippen LogP contribution in [0.2, 0.25) is 0 Å². The van der Waals surface area contributed by atoms with Crippen molar-refractivity contribution in [2.24, 2.45) is 0 Å². The van der Waals surface area contributed by atoms with Crippen LogP contribution >= 0.6 is 0 Å². The monoisotopic (exact) mass is 535 g/mol. The third-order valence-corrected chi connectivity index (χ3v) is 5.84. The van der Waals surface area contributed by atoms with E-state index in [1.165, 1.54) is 10.7 Å². The summed E-state index contributed by atoms with van der Waals surface area (Å²) in [6, 6.07) is 9.10. The SMILES string of the molecule is COc1ccc(CN(CC(=O)OC(C)(C)C)c2cc(N3CCOCC3)nn3c(CC(F)(F)F)cnc23)cc1. The van der Waals surface area contributed by atoms with Gasteiger partial charge < -0.3 is 24.0 Å². The first-order chi connectivity index (χ1) is 17.9. The number of anilines is 2. The second-order valence-corrected chi connectivity index (χ2v) is 10.1. The zero-order valence-electron chi connectivity index (χ0n) is 21.9. The van der Waals surface area contributed by atoms with Gasteiger partial charge in [0.1, 0.15) is 17.9 Å². The lowest BCUT2D eigenvalue weighted by Crippen LogP contribution is -2.38. The Morgan fingerprint density at radius 1 is 1.13 bits per heavy atom. The number of hydrogen-bond donors (Lipinski definition) is 0. The predicted octanol–water partition coefficient (Wildman–Crippen LogP) is 4.03. The van der Waals surface area contributed by atoms with Crippen LogP contribution < -0.4 is 14.5 Å². The van der Waals surface area contributed by atoms with E-state index in [0.717, 1.165) is 5.56 Å². The number of morpholine rings is 1. The van der Waals surface area contributed by atoms with Crippen LogP contribution in [0, 0.1) is 0 Å². The molecule has 0 N–H and O–H groups in total. The fourth-order valence-electron chi connectivity index (χ4n) is 4.20. The number of aromatic nitrogens is 3. The Morgan fingerprint density at radius 2 is 1.82 bits per heavy atom. The van der Waals surface area contributed by atoms with Crippen LogP contribution in [0.15, 0.2) is 36.5 Å². The van der Waals surface area contributed by atoms with Gasteiger partial charge in [0, 0.05) is 25.7 Å². The van der Waals surface area contributed by atoms with E-state index < -0.39 is 24.2 Å². The molecule has 9 nitrogen and oxygen atoms in total. The molecule has 0 aliphatic carbocycles. The molecule has 0 bridgehead atoms. The van der Waals surface area contributed by atoms with E-state index in [2.05, 4.69) is 10.1 Å². The third-order valence-electron chi connectivity index (χ3n) is 5.84. The van der Waals surface area contributed by atoms with Crippen molar-refractivity contribution >= 4 is 23.1 Å². The highest BCUT2D eigenvalue weighted by atomic mass is 19.4. The van der Waals surface area contributed by atoms with Crippen molar-refractivity contribution < 1.29 is 32.2 Å². The van der Waals surface area contributed by atoms with E-state index in [9.17, 15) is 18.0 Å². The number of methoxy groups -OCH3 is 1. The maximum absolute atomic E-state index is 13.4. The van der Waals surface area contributed by atoms with Gasteiger partial charge in [-0.2, -0.15) is 13.2 Å². The summed E-state index contributed by atoms with van der Waals surface area (Å²) in [5.41, 5.74) is 0.752. The van der Waals surface area contributed by atoms with Crippen molar-refractivity contribution in [2.45, 2.75) is 45.5 Å². The molecule has 12 heteroatoms. The Hall–Kier alpha value is -3.54. The van der Waals surface area contributed by atoms with E-state index in [1.54, 1.807) is 51.0 Å². The van der Waals surface area contributed by atoms with Gasteiger partial charge in [0.2, 0.25) is 0 Å². The summed E-state index contributed by atoms with van der Waals surface area (Å²) in [4.78, 5) is 20.9. The molecular formula is C26H32F3N5O4. The van der Waals surface area contributed by atoms with E-state index in [4.69, 9.17) is 14.2 Å². The second-order valence-electron chi connectivity index (χ2n) is 10.1. The molecule has 1 aliphatic heterocycles. The number of rotatable bonds is 8. The van der Waals surface area contributed by atoms with Gasteiger partial charge in [0.25, 0.3) is 0 Å². The van der Waals surface area contributed by atoms with Gasteiger partial charge in [-0.1, -0.05) is 12.1 Å². The molecule has 1 aliphatic rings. The van der Waals surface area contributed by atoms with Crippen LogP contribution in [-0.4, -0.2) is 72.3 Å². The van der Waals surface area contributed by atoms with Gasteiger partial charge in [-0.05, 0) is 38.5 Å². The fraction of sp³-hybridized carbons (Fsp3) is 0.500. The minimum absolute atomic E-state index is 0.0921. The Balaban J connectivity index is 1.81. The van der Waals surface area contributed by atoms with E-state index in [1.807, 2.05) is 17.0 Å². The van der Waals surface area contributed by atoms with Crippen LogP contribution in [0.3, 0.4) is 0 Å². The highest BCUT2D eigenvalue weighted by Crippen LogP contribution is 2.30. The number of benzene rings is 1. The van der Waals surface area contributed by atoms with Gasteiger partial charge in [-0.15, -0.1) is 5.10 Å². The number of carbonyl (C=O) groups is 1. The largest absolute Gasteiger partial charge is 0.497 e. The van der Waals surface area contributed by atoms with Crippen molar-refractivity contribution in [3.05, 3.63) is 47.8 Å². The molecule has 2 aromatic heterocycles. The van der Waals surface area contributed by atoms with Crippen molar-refractivity contribution in [3.63, 3.8) is 0 Å². The summed E-state index contributed by atoms with van der Waals surface area (Å²) in [7, 11) is 1.57.